The average Bonchev–Trinajstić information content (AvgIpc) is 2.54. The fourth-order valence-corrected chi connectivity index (χ4v) is 2.99. The third-order valence-electron chi connectivity index (χ3n) is 3.38. The van der Waals surface area contributed by atoms with E-state index in [1.807, 2.05) is 36.6 Å². The second-order valence-corrected chi connectivity index (χ2v) is 7.31. The van der Waals surface area contributed by atoms with Gasteiger partial charge in [-0.15, -0.1) is 0 Å². The van der Waals surface area contributed by atoms with E-state index in [0.717, 1.165) is 18.4 Å². The van der Waals surface area contributed by atoms with Gasteiger partial charge in [-0.2, -0.15) is 0 Å². The zero-order valence-electron chi connectivity index (χ0n) is 12.2. The Morgan fingerprint density at radius 1 is 1.29 bits per heavy atom. The lowest BCUT2D eigenvalue weighted by Gasteiger charge is -2.31. The van der Waals surface area contributed by atoms with E-state index in [4.69, 9.17) is 9.47 Å². The number of nitrogens with zero attached hydrogens (tertiary/aromatic N) is 1. The first-order chi connectivity index (χ1) is 10.3. The van der Waals surface area contributed by atoms with Crippen LogP contribution in [0.5, 0.6) is 0 Å². The van der Waals surface area contributed by atoms with Crippen molar-refractivity contribution in [3.8, 4) is 0 Å². The number of likely N-dealkylation sites (tertiary alicyclic amines) is 1. The minimum Gasteiger partial charge on any atom is -0.445 e. The molecule has 0 unspecified atom stereocenters. The highest BCUT2D eigenvalue weighted by Gasteiger charge is 2.24. The Morgan fingerprint density at radius 3 is 2.67 bits per heavy atom. The highest BCUT2D eigenvalue weighted by Crippen LogP contribution is 2.21. The summed E-state index contributed by atoms with van der Waals surface area (Å²) in [6, 6.07) is 9.75. The molecule has 1 aromatic rings. The Morgan fingerprint density at radius 2 is 2.00 bits per heavy atom. The molecule has 1 aliphatic rings. The van der Waals surface area contributed by atoms with Crippen LogP contribution in [0.3, 0.4) is 0 Å². The Kier molecular flexibility index (Phi) is 7.26. The third kappa shape index (κ3) is 5.80. The van der Waals surface area contributed by atoms with Crippen molar-refractivity contribution < 1.29 is 14.3 Å². The number of hydrogen-bond acceptors (Lipinski definition) is 5. The topological polar surface area (TPSA) is 38.8 Å². The summed E-state index contributed by atoms with van der Waals surface area (Å²) in [7, 11) is 3.41. The summed E-state index contributed by atoms with van der Waals surface area (Å²) in [6.07, 6.45) is 3.85. The molecular formula is C15H21NO3S2. The smallest absolute Gasteiger partial charge is 0.410 e. The summed E-state index contributed by atoms with van der Waals surface area (Å²) in [5.74, 6) is 0.713. The average molecular weight is 327 g/mol. The molecule has 0 N–H and O–H groups in total. The molecule has 0 bridgehead atoms. The standard InChI is InChI=1S/C15H21NO3S2/c1-20-21-12-19-14-7-9-16(10-8-14)15(17)18-11-13-5-3-2-4-6-13/h2-6,14H,7-12H2,1H3. The highest BCUT2D eigenvalue weighted by atomic mass is 33.1. The minimum absolute atomic E-state index is 0.226. The quantitative estimate of drug-likeness (QED) is 0.452. The van der Waals surface area contributed by atoms with Crippen molar-refractivity contribution in [3.05, 3.63) is 35.9 Å². The number of benzene rings is 1. The fourth-order valence-electron chi connectivity index (χ4n) is 2.19. The lowest BCUT2D eigenvalue weighted by atomic mass is 10.1. The first kappa shape index (κ1) is 16.5. The van der Waals surface area contributed by atoms with Crippen LogP contribution in [0.2, 0.25) is 0 Å². The molecule has 116 valence electrons. The molecule has 0 saturated carbocycles. The van der Waals surface area contributed by atoms with Crippen LogP contribution in [0.15, 0.2) is 30.3 Å². The van der Waals surface area contributed by atoms with E-state index in [1.54, 1.807) is 26.5 Å². The first-order valence-electron chi connectivity index (χ1n) is 7.02. The first-order valence-corrected chi connectivity index (χ1v) is 9.75. The van der Waals surface area contributed by atoms with E-state index in [0.29, 0.717) is 25.6 Å². The van der Waals surface area contributed by atoms with Gasteiger partial charge in [0.05, 0.1) is 6.10 Å². The maximum Gasteiger partial charge on any atom is 0.410 e. The summed E-state index contributed by atoms with van der Waals surface area (Å²) >= 11 is 0. The van der Waals surface area contributed by atoms with Gasteiger partial charge in [-0.05, 0) is 24.7 Å². The molecule has 1 amide bonds. The van der Waals surface area contributed by atoms with Crippen molar-refractivity contribution in [2.75, 3.05) is 25.3 Å². The van der Waals surface area contributed by atoms with E-state index >= 15 is 0 Å². The van der Waals surface area contributed by atoms with Crippen LogP contribution in [-0.2, 0) is 16.1 Å². The molecule has 0 aliphatic carbocycles. The van der Waals surface area contributed by atoms with Crippen LogP contribution in [-0.4, -0.2) is 42.4 Å². The van der Waals surface area contributed by atoms with Crippen molar-refractivity contribution in [1.29, 1.82) is 0 Å². The van der Waals surface area contributed by atoms with Crippen molar-refractivity contribution in [3.63, 3.8) is 0 Å². The summed E-state index contributed by atoms with van der Waals surface area (Å²) in [4.78, 5) is 13.8. The predicted octanol–water partition coefficient (Wildman–Crippen LogP) is 3.77. The van der Waals surface area contributed by atoms with Gasteiger partial charge in [-0.3, -0.25) is 0 Å². The molecule has 1 saturated heterocycles. The van der Waals surface area contributed by atoms with Crippen LogP contribution in [0, 0.1) is 0 Å². The number of piperidine rings is 1. The zero-order chi connectivity index (χ0) is 14.9. The summed E-state index contributed by atoms with van der Waals surface area (Å²) in [6.45, 7) is 1.75. The van der Waals surface area contributed by atoms with Crippen LogP contribution < -0.4 is 0 Å². The molecule has 4 nitrogen and oxygen atoms in total. The fraction of sp³-hybridized carbons (Fsp3) is 0.533. The van der Waals surface area contributed by atoms with Gasteiger partial charge in [0.1, 0.15) is 12.5 Å². The number of ether oxygens (including phenoxy) is 2. The molecule has 0 radical (unpaired) electrons. The van der Waals surface area contributed by atoms with Gasteiger partial charge in [0.15, 0.2) is 0 Å². The summed E-state index contributed by atoms with van der Waals surface area (Å²) in [5, 5.41) is 0. The molecule has 2 rings (SSSR count). The normalized spacial score (nSPS) is 16.0. The van der Waals surface area contributed by atoms with Gasteiger partial charge < -0.3 is 14.4 Å². The van der Waals surface area contributed by atoms with Crippen molar-refractivity contribution in [2.24, 2.45) is 0 Å². The van der Waals surface area contributed by atoms with E-state index in [-0.39, 0.29) is 12.2 Å². The predicted molar refractivity (Wildman–Crippen MR) is 88.3 cm³/mol. The molecule has 1 aromatic carbocycles. The monoisotopic (exact) mass is 327 g/mol. The van der Waals surface area contributed by atoms with Gasteiger partial charge in [0, 0.05) is 13.1 Å². The minimum atomic E-state index is -0.226. The maximum atomic E-state index is 12.0. The number of rotatable bonds is 6. The van der Waals surface area contributed by atoms with E-state index in [2.05, 4.69) is 0 Å². The second kappa shape index (κ2) is 9.23. The second-order valence-electron chi connectivity index (χ2n) is 4.80. The van der Waals surface area contributed by atoms with E-state index in [9.17, 15) is 4.79 Å². The molecule has 0 atom stereocenters. The largest absolute Gasteiger partial charge is 0.445 e. The summed E-state index contributed by atoms with van der Waals surface area (Å²) < 4.78 is 11.1. The number of hydrogen-bond donors (Lipinski definition) is 0. The molecule has 21 heavy (non-hydrogen) atoms. The van der Waals surface area contributed by atoms with Gasteiger partial charge >= 0.3 is 6.09 Å². The summed E-state index contributed by atoms with van der Waals surface area (Å²) in [5.41, 5.74) is 1.01. The van der Waals surface area contributed by atoms with Gasteiger partial charge in [0.2, 0.25) is 0 Å². The van der Waals surface area contributed by atoms with Crippen molar-refractivity contribution >= 4 is 27.7 Å². The Hall–Kier alpha value is -0.850. The van der Waals surface area contributed by atoms with Gasteiger partial charge in [0.25, 0.3) is 0 Å². The SMILES string of the molecule is CSSCOC1CCN(C(=O)OCc2ccccc2)CC1. The zero-order valence-corrected chi connectivity index (χ0v) is 13.8. The molecule has 1 aliphatic heterocycles. The third-order valence-corrected chi connectivity index (χ3v) is 4.84. The van der Waals surface area contributed by atoms with Gasteiger partial charge in [-0.25, -0.2) is 4.79 Å². The van der Waals surface area contributed by atoms with Crippen LogP contribution in [0.4, 0.5) is 4.79 Å². The van der Waals surface area contributed by atoms with E-state index < -0.39 is 0 Å². The van der Waals surface area contributed by atoms with Gasteiger partial charge in [-0.1, -0.05) is 51.9 Å². The van der Waals surface area contributed by atoms with Crippen LogP contribution in [0.25, 0.3) is 0 Å². The lowest BCUT2D eigenvalue weighted by Crippen LogP contribution is -2.41. The lowest BCUT2D eigenvalue weighted by molar-refractivity contribution is 0.0259. The molecule has 6 heteroatoms. The maximum absolute atomic E-state index is 12.0. The van der Waals surface area contributed by atoms with E-state index in [1.165, 1.54) is 0 Å². The molecule has 0 spiro atoms. The highest BCUT2D eigenvalue weighted by molar-refractivity contribution is 8.76. The van der Waals surface area contributed by atoms with Crippen LogP contribution >= 0.6 is 21.6 Å². The van der Waals surface area contributed by atoms with Crippen molar-refractivity contribution in [2.45, 2.75) is 25.6 Å². The molecule has 0 aromatic heterocycles. The Balaban J connectivity index is 1.66. The Labute approximate surface area is 134 Å². The Bertz CT molecular complexity index is 422. The molecule has 1 heterocycles. The molecular weight excluding hydrogens is 306 g/mol. The number of carbonyl (C=O) groups excluding carboxylic acids is 1. The van der Waals surface area contributed by atoms with Crippen LogP contribution in [0.1, 0.15) is 18.4 Å². The van der Waals surface area contributed by atoms with Crippen molar-refractivity contribution in [1.82, 2.24) is 4.90 Å². The number of carbonyl (C=O) groups is 1. The molecule has 1 fully saturated rings. The number of amides is 1.